The maximum absolute atomic E-state index is 13.8. The standard InChI is InChI=1S/C34H37F3N4O6S/c1-23(42)25-10-8-24(9-11-25)21-30(32(43)38-27-12-14-28(15-13-27)40-17-19-47-20-18-40)39-33(44)31-7-2-3-16-41(31)48(45,46)29-6-4-5-26(22-29)34(35,36)37/h4-6,8-15,22,30-31H,2-3,7,16-21H2,1H3,(H,38,43)(H,39,44)/t30-,31?/m0/s1. The van der Waals surface area contributed by atoms with Crippen molar-refractivity contribution in [2.45, 2.75) is 55.8 Å². The predicted molar refractivity (Wildman–Crippen MR) is 173 cm³/mol. The number of morpholine rings is 1. The van der Waals surface area contributed by atoms with Crippen LogP contribution in [0.4, 0.5) is 24.5 Å². The van der Waals surface area contributed by atoms with E-state index in [-0.39, 0.29) is 25.2 Å². The number of anilines is 2. The number of amides is 2. The maximum atomic E-state index is 13.8. The number of Topliss-reactive ketones (excluding diaryl/α,β-unsaturated/α-hetero) is 1. The smallest absolute Gasteiger partial charge is 0.378 e. The van der Waals surface area contributed by atoms with Gasteiger partial charge in [0, 0.05) is 43.0 Å². The van der Waals surface area contributed by atoms with Crippen LogP contribution in [-0.2, 0) is 36.9 Å². The lowest BCUT2D eigenvalue weighted by atomic mass is 10.0. The van der Waals surface area contributed by atoms with Crippen molar-refractivity contribution in [3.63, 3.8) is 0 Å². The van der Waals surface area contributed by atoms with Crippen LogP contribution in [0.25, 0.3) is 0 Å². The molecule has 1 unspecified atom stereocenters. The Morgan fingerprint density at radius 3 is 2.27 bits per heavy atom. The molecule has 0 saturated carbocycles. The van der Waals surface area contributed by atoms with Gasteiger partial charge < -0.3 is 20.3 Å². The Morgan fingerprint density at radius 2 is 1.62 bits per heavy atom. The molecule has 3 aromatic carbocycles. The van der Waals surface area contributed by atoms with Crippen molar-refractivity contribution in [3.8, 4) is 0 Å². The number of ether oxygens (including phenoxy) is 1. The van der Waals surface area contributed by atoms with Crippen molar-refractivity contribution in [3.05, 3.63) is 89.5 Å². The minimum atomic E-state index is -4.75. The van der Waals surface area contributed by atoms with Crippen molar-refractivity contribution in [1.29, 1.82) is 0 Å². The molecule has 0 aromatic heterocycles. The Bertz CT molecular complexity index is 1730. The number of piperidine rings is 1. The summed E-state index contributed by atoms with van der Waals surface area (Å²) in [6.07, 6.45) is -3.69. The van der Waals surface area contributed by atoms with E-state index in [0.717, 1.165) is 41.3 Å². The molecular formula is C34H37F3N4O6S. The zero-order chi connectivity index (χ0) is 34.5. The summed E-state index contributed by atoms with van der Waals surface area (Å²) in [5.74, 6) is -1.43. The Morgan fingerprint density at radius 1 is 0.938 bits per heavy atom. The van der Waals surface area contributed by atoms with Crippen LogP contribution in [0.3, 0.4) is 0 Å². The number of carbonyl (C=O) groups is 3. The summed E-state index contributed by atoms with van der Waals surface area (Å²) in [4.78, 5) is 40.8. The van der Waals surface area contributed by atoms with Gasteiger partial charge in [-0.3, -0.25) is 14.4 Å². The van der Waals surface area contributed by atoms with E-state index in [2.05, 4.69) is 15.5 Å². The summed E-state index contributed by atoms with van der Waals surface area (Å²) < 4.78 is 73.7. The van der Waals surface area contributed by atoms with Gasteiger partial charge >= 0.3 is 6.18 Å². The average Bonchev–Trinajstić information content (AvgIpc) is 3.08. The molecule has 0 spiro atoms. The fraction of sp³-hybridized carbons (Fsp3) is 0.382. The van der Waals surface area contributed by atoms with Crippen molar-refractivity contribution in [2.24, 2.45) is 0 Å². The summed E-state index contributed by atoms with van der Waals surface area (Å²) in [5, 5.41) is 5.55. The molecule has 10 nitrogen and oxygen atoms in total. The molecule has 2 saturated heterocycles. The first-order chi connectivity index (χ1) is 22.8. The summed E-state index contributed by atoms with van der Waals surface area (Å²) in [6.45, 7) is 4.07. The lowest BCUT2D eigenvalue weighted by Gasteiger charge is -2.34. The Labute approximate surface area is 277 Å². The van der Waals surface area contributed by atoms with Gasteiger partial charge in [-0.05, 0) is 67.8 Å². The molecule has 48 heavy (non-hydrogen) atoms. The summed E-state index contributed by atoms with van der Waals surface area (Å²) in [7, 11) is -4.50. The molecule has 0 bridgehead atoms. The van der Waals surface area contributed by atoms with Crippen LogP contribution in [0.15, 0.2) is 77.7 Å². The predicted octanol–water partition coefficient (Wildman–Crippen LogP) is 4.65. The normalized spacial score (nSPS) is 18.2. The number of benzene rings is 3. The van der Waals surface area contributed by atoms with Crippen LogP contribution in [0.5, 0.6) is 0 Å². The van der Waals surface area contributed by atoms with Crippen LogP contribution in [-0.4, -0.2) is 75.3 Å². The van der Waals surface area contributed by atoms with E-state index in [4.69, 9.17) is 4.74 Å². The molecule has 3 aromatic rings. The summed E-state index contributed by atoms with van der Waals surface area (Å²) in [6, 6.07) is 14.8. The average molecular weight is 687 g/mol. The number of hydrogen-bond donors (Lipinski definition) is 2. The van der Waals surface area contributed by atoms with Gasteiger partial charge in [0.25, 0.3) is 0 Å². The highest BCUT2D eigenvalue weighted by atomic mass is 32.2. The molecule has 2 heterocycles. The SMILES string of the molecule is CC(=O)c1ccc(C[C@H](NC(=O)C2CCCCN2S(=O)(=O)c2cccc(C(F)(F)F)c2)C(=O)Nc2ccc(N3CCOCC3)cc2)cc1. The third-order valence-corrected chi connectivity index (χ3v) is 10.4. The molecule has 14 heteroatoms. The molecule has 0 radical (unpaired) electrons. The fourth-order valence-corrected chi connectivity index (χ4v) is 7.52. The topological polar surface area (TPSA) is 125 Å². The van der Waals surface area contributed by atoms with Gasteiger partial charge in [0.15, 0.2) is 5.78 Å². The molecule has 2 fully saturated rings. The van der Waals surface area contributed by atoms with Gasteiger partial charge in [-0.1, -0.05) is 36.8 Å². The van der Waals surface area contributed by atoms with Crippen LogP contribution in [0.1, 0.15) is 47.7 Å². The number of nitrogens with one attached hydrogen (secondary N) is 2. The number of rotatable bonds is 10. The van der Waals surface area contributed by atoms with Crippen LogP contribution in [0, 0.1) is 0 Å². The molecular weight excluding hydrogens is 649 g/mol. The van der Waals surface area contributed by atoms with Gasteiger partial charge in [-0.25, -0.2) is 8.42 Å². The first-order valence-corrected chi connectivity index (χ1v) is 17.1. The van der Waals surface area contributed by atoms with Crippen LogP contribution in [0.2, 0.25) is 0 Å². The molecule has 2 atom stereocenters. The van der Waals surface area contributed by atoms with E-state index in [0.29, 0.717) is 48.9 Å². The highest BCUT2D eigenvalue weighted by Crippen LogP contribution is 2.33. The van der Waals surface area contributed by atoms with E-state index in [1.807, 2.05) is 12.1 Å². The van der Waals surface area contributed by atoms with Crippen molar-refractivity contribution in [1.82, 2.24) is 9.62 Å². The number of alkyl halides is 3. The largest absolute Gasteiger partial charge is 0.416 e. The maximum Gasteiger partial charge on any atom is 0.416 e. The monoisotopic (exact) mass is 686 g/mol. The molecule has 5 rings (SSSR count). The number of sulfonamides is 1. The van der Waals surface area contributed by atoms with E-state index in [9.17, 15) is 36.0 Å². The minimum absolute atomic E-state index is 0.0225. The van der Waals surface area contributed by atoms with Gasteiger partial charge in [-0.15, -0.1) is 0 Å². The Balaban J connectivity index is 1.37. The number of carbonyl (C=O) groups excluding carboxylic acids is 3. The van der Waals surface area contributed by atoms with Gasteiger partial charge in [0.1, 0.15) is 12.1 Å². The molecule has 2 N–H and O–H groups in total. The summed E-state index contributed by atoms with van der Waals surface area (Å²) in [5.41, 5.74) is 1.44. The Kier molecular flexibility index (Phi) is 10.9. The van der Waals surface area contributed by atoms with Crippen molar-refractivity contribution < 1.29 is 40.7 Å². The second-order valence-electron chi connectivity index (χ2n) is 11.8. The first kappa shape index (κ1) is 35.0. The third kappa shape index (κ3) is 8.41. The third-order valence-electron chi connectivity index (χ3n) is 8.47. The van der Waals surface area contributed by atoms with Gasteiger partial charge in [0.2, 0.25) is 21.8 Å². The zero-order valence-electron chi connectivity index (χ0n) is 26.3. The van der Waals surface area contributed by atoms with E-state index < -0.39 is 50.6 Å². The molecule has 256 valence electrons. The number of hydrogen-bond acceptors (Lipinski definition) is 7. The molecule has 2 aliphatic heterocycles. The second-order valence-corrected chi connectivity index (χ2v) is 13.7. The highest BCUT2D eigenvalue weighted by molar-refractivity contribution is 7.89. The number of nitrogens with zero attached hydrogens (tertiary/aromatic N) is 2. The van der Waals surface area contributed by atoms with Crippen molar-refractivity contribution in [2.75, 3.05) is 43.1 Å². The second kappa shape index (κ2) is 14.9. The zero-order valence-corrected chi connectivity index (χ0v) is 27.1. The van der Waals surface area contributed by atoms with Crippen LogP contribution < -0.4 is 15.5 Å². The Hall–Kier alpha value is -4.27. The van der Waals surface area contributed by atoms with Crippen molar-refractivity contribution >= 4 is 39.0 Å². The lowest BCUT2D eigenvalue weighted by Crippen LogP contribution is -2.56. The van der Waals surface area contributed by atoms with E-state index in [1.165, 1.54) is 6.92 Å². The minimum Gasteiger partial charge on any atom is -0.378 e. The quantitative estimate of drug-likeness (QED) is 0.298. The number of ketones is 1. The fourth-order valence-electron chi connectivity index (χ4n) is 5.82. The molecule has 0 aliphatic carbocycles. The summed E-state index contributed by atoms with van der Waals surface area (Å²) >= 11 is 0. The van der Waals surface area contributed by atoms with Crippen LogP contribution >= 0.6 is 0 Å². The molecule has 2 aliphatic rings. The first-order valence-electron chi connectivity index (χ1n) is 15.7. The van der Waals surface area contributed by atoms with E-state index >= 15 is 0 Å². The lowest BCUT2D eigenvalue weighted by molar-refractivity contribution is -0.137. The highest BCUT2D eigenvalue weighted by Gasteiger charge is 2.40. The number of halogens is 3. The molecule has 2 amide bonds. The van der Waals surface area contributed by atoms with E-state index in [1.54, 1.807) is 36.4 Å². The van der Waals surface area contributed by atoms with Gasteiger partial charge in [0.05, 0.1) is 23.7 Å². The van der Waals surface area contributed by atoms with Gasteiger partial charge in [-0.2, -0.15) is 17.5 Å².